The molecule has 0 amide bonds. The molecule has 0 aliphatic rings. The maximum Gasteiger partial charge on any atom is 0.437 e. The van der Waals surface area contributed by atoms with E-state index in [-0.39, 0.29) is 3.57 Å². The first-order chi connectivity index (χ1) is 6.46. The first kappa shape index (κ1) is 11.5. The number of hydrogen-bond donors (Lipinski definition) is 0. The van der Waals surface area contributed by atoms with Gasteiger partial charge in [-0.3, -0.25) is 0 Å². The Morgan fingerprint density at radius 2 is 2.07 bits per heavy atom. The van der Waals surface area contributed by atoms with Crippen LogP contribution in [-0.2, 0) is 6.18 Å². The minimum atomic E-state index is -4.63. The summed E-state index contributed by atoms with van der Waals surface area (Å²) in [6, 6.07) is 1.31. The van der Waals surface area contributed by atoms with Gasteiger partial charge >= 0.3 is 6.18 Å². The van der Waals surface area contributed by atoms with Gasteiger partial charge in [-0.05, 0) is 28.7 Å². The number of alkyl halides is 4. The summed E-state index contributed by atoms with van der Waals surface area (Å²) in [5.74, 6) is -0.567. The third kappa shape index (κ3) is 2.46. The summed E-state index contributed by atoms with van der Waals surface area (Å²) < 4.78 is 53.1. The van der Waals surface area contributed by atoms with E-state index in [0.29, 0.717) is 0 Å². The lowest BCUT2D eigenvalue weighted by molar-refractivity contribution is -0.142. The van der Waals surface area contributed by atoms with E-state index < -0.39 is 24.5 Å². The van der Waals surface area contributed by atoms with E-state index in [0.717, 1.165) is 6.20 Å². The quantitative estimate of drug-likeness (QED) is 0.617. The van der Waals surface area contributed by atoms with Crippen LogP contribution >= 0.6 is 22.6 Å². The molecule has 0 atom stereocenters. The van der Waals surface area contributed by atoms with Crippen LogP contribution in [0.25, 0.3) is 0 Å². The number of pyridine rings is 1. The maximum atomic E-state index is 12.3. The second-order valence-corrected chi connectivity index (χ2v) is 3.38. The Balaban J connectivity index is 3.21. The van der Waals surface area contributed by atoms with Gasteiger partial charge in [-0.25, -0.2) is 9.37 Å². The van der Waals surface area contributed by atoms with Gasteiger partial charge in [0.15, 0.2) is 11.4 Å². The van der Waals surface area contributed by atoms with Crippen molar-refractivity contribution in [2.75, 3.05) is 6.86 Å². The van der Waals surface area contributed by atoms with Crippen LogP contribution in [0.4, 0.5) is 17.6 Å². The second-order valence-electron chi connectivity index (χ2n) is 2.22. The number of rotatable bonds is 2. The molecule has 0 saturated heterocycles. The smallest absolute Gasteiger partial charge is 0.437 e. The molecule has 0 N–H and O–H groups in total. The van der Waals surface area contributed by atoms with Gasteiger partial charge in [-0.1, -0.05) is 0 Å². The van der Waals surface area contributed by atoms with Crippen molar-refractivity contribution in [3.8, 4) is 5.75 Å². The van der Waals surface area contributed by atoms with E-state index in [1.54, 1.807) is 22.6 Å². The average Bonchev–Trinajstić information content (AvgIpc) is 2.07. The van der Waals surface area contributed by atoms with Gasteiger partial charge in [0.1, 0.15) is 0 Å². The molecule has 0 fully saturated rings. The fraction of sp³-hybridized carbons (Fsp3) is 0.286. The number of ether oxygens (including phenoxy) is 1. The van der Waals surface area contributed by atoms with Gasteiger partial charge in [-0.2, -0.15) is 13.2 Å². The molecule has 0 aliphatic heterocycles. The highest BCUT2D eigenvalue weighted by atomic mass is 127. The molecule has 0 saturated carbocycles. The van der Waals surface area contributed by atoms with Gasteiger partial charge in [0.25, 0.3) is 0 Å². The minimum Gasteiger partial charge on any atom is -0.460 e. The van der Waals surface area contributed by atoms with Crippen LogP contribution in [0.1, 0.15) is 5.69 Å². The van der Waals surface area contributed by atoms with Crippen LogP contribution in [0.3, 0.4) is 0 Å². The predicted molar refractivity (Wildman–Crippen MR) is 48.6 cm³/mol. The molecule has 0 aliphatic carbocycles. The fourth-order valence-corrected chi connectivity index (χ4v) is 1.39. The lowest BCUT2D eigenvalue weighted by Gasteiger charge is -2.11. The third-order valence-corrected chi connectivity index (χ3v) is 2.17. The molecule has 1 rings (SSSR count). The fourth-order valence-electron chi connectivity index (χ4n) is 0.818. The molecule has 1 aromatic rings. The summed E-state index contributed by atoms with van der Waals surface area (Å²) in [7, 11) is 0. The normalized spacial score (nSPS) is 11.5. The highest BCUT2D eigenvalue weighted by Crippen LogP contribution is 2.36. The molecule has 0 unspecified atom stereocenters. The molecule has 0 spiro atoms. The Kier molecular flexibility index (Phi) is 3.51. The summed E-state index contributed by atoms with van der Waals surface area (Å²) in [4.78, 5) is 3.11. The lowest BCUT2D eigenvalue weighted by Crippen LogP contribution is -2.11. The van der Waals surface area contributed by atoms with Crippen molar-refractivity contribution in [2.45, 2.75) is 6.18 Å². The standard InChI is InChI=1S/C7H4F4INO/c8-3-14-5-4(12)1-2-13-6(5)7(9,10)11/h1-2H,3H2. The predicted octanol–water partition coefficient (Wildman–Crippen LogP) is 3.01. The summed E-state index contributed by atoms with van der Waals surface area (Å²) in [6.07, 6.45) is -3.64. The maximum absolute atomic E-state index is 12.3. The van der Waals surface area contributed by atoms with Crippen molar-refractivity contribution >= 4 is 22.6 Å². The second kappa shape index (κ2) is 4.28. The van der Waals surface area contributed by atoms with Gasteiger partial charge in [0.2, 0.25) is 6.86 Å². The van der Waals surface area contributed by atoms with Gasteiger partial charge in [0.05, 0.1) is 3.57 Å². The number of halogens is 5. The number of nitrogens with zero attached hydrogens (tertiary/aromatic N) is 1. The summed E-state index contributed by atoms with van der Waals surface area (Å²) >= 11 is 1.62. The van der Waals surface area contributed by atoms with Crippen molar-refractivity contribution in [3.05, 3.63) is 21.5 Å². The molecule has 78 valence electrons. The largest absolute Gasteiger partial charge is 0.460 e. The van der Waals surface area contributed by atoms with E-state index in [9.17, 15) is 17.6 Å². The molecular weight excluding hydrogens is 317 g/mol. The molecule has 7 heteroatoms. The first-order valence-corrected chi connectivity index (χ1v) is 4.45. The Morgan fingerprint density at radius 1 is 1.43 bits per heavy atom. The van der Waals surface area contributed by atoms with Crippen LogP contribution in [0.15, 0.2) is 12.3 Å². The first-order valence-electron chi connectivity index (χ1n) is 3.37. The van der Waals surface area contributed by atoms with Crippen molar-refractivity contribution < 1.29 is 22.3 Å². The molecular formula is C7H4F4INO. The Hall–Kier alpha value is -0.600. The molecule has 1 aromatic heterocycles. The van der Waals surface area contributed by atoms with E-state index in [1.165, 1.54) is 6.07 Å². The monoisotopic (exact) mass is 321 g/mol. The van der Waals surface area contributed by atoms with E-state index in [2.05, 4.69) is 9.72 Å². The third-order valence-electron chi connectivity index (χ3n) is 1.32. The number of aromatic nitrogens is 1. The SMILES string of the molecule is FCOc1c(I)ccnc1C(F)(F)F. The molecule has 14 heavy (non-hydrogen) atoms. The Bertz CT molecular complexity index is 328. The lowest BCUT2D eigenvalue weighted by atomic mass is 10.3. The molecule has 0 aromatic carbocycles. The van der Waals surface area contributed by atoms with Crippen LogP contribution in [0, 0.1) is 3.57 Å². The van der Waals surface area contributed by atoms with Crippen LogP contribution in [0.5, 0.6) is 5.75 Å². The Labute approximate surface area is 90.4 Å². The van der Waals surface area contributed by atoms with E-state index in [1.807, 2.05) is 0 Å². The molecule has 2 nitrogen and oxygen atoms in total. The van der Waals surface area contributed by atoms with Crippen molar-refractivity contribution in [2.24, 2.45) is 0 Å². The average molecular weight is 321 g/mol. The van der Waals surface area contributed by atoms with Crippen molar-refractivity contribution in [3.63, 3.8) is 0 Å². The minimum absolute atomic E-state index is 0.169. The van der Waals surface area contributed by atoms with Crippen molar-refractivity contribution in [1.82, 2.24) is 4.98 Å². The van der Waals surface area contributed by atoms with Crippen LogP contribution < -0.4 is 4.74 Å². The van der Waals surface area contributed by atoms with Gasteiger partial charge in [0, 0.05) is 6.20 Å². The highest BCUT2D eigenvalue weighted by molar-refractivity contribution is 14.1. The van der Waals surface area contributed by atoms with Gasteiger partial charge < -0.3 is 4.74 Å². The van der Waals surface area contributed by atoms with E-state index in [4.69, 9.17) is 0 Å². The van der Waals surface area contributed by atoms with Crippen LogP contribution in [0.2, 0.25) is 0 Å². The molecule has 0 radical (unpaired) electrons. The topological polar surface area (TPSA) is 22.1 Å². The summed E-state index contributed by atoms with van der Waals surface area (Å²) in [6.45, 7) is -1.31. The molecule has 1 heterocycles. The van der Waals surface area contributed by atoms with Gasteiger partial charge in [-0.15, -0.1) is 0 Å². The van der Waals surface area contributed by atoms with E-state index >= 15 is 0 Å². The number of hydrogen-bond acceptors (Lipinski definition) is 2. The van der Waals surface area contributed by atoms with Crippen molar-refractivity contribution in [1.29, 1.82) is 0 Å². The summed E-state index contributed by atoms with van der Waals surface area (Å²) in [5.41, 5.74) is -1.21. The zero-order valence-electron chi connectivity index (χ0n) is 6.61. The molecule has 0 bridgehead atoms. The highest BCUT2D eigenvalue weighted by Gasteiger charge is 2.37. The zero-order valence-corrected chi connectivity index (χ0v) is 8.76. The summed E-state index contributed by atoms with van der Waals surface area (Å²) in [5, 5.41) is 0. The van der Waals surface area contributed by atoms with Crippen LogP contribution in [-0.4, -0.2) is 11.8 Å². The zero-order chi connectivity index (χ0) is 10.8. The Morgan fingerprint density at radius 3 is 2.57 bits per heavy atom.